The maximum atomic E-state index is 12.6. The fourth-order valence-corrected chi connectivity index (χ4v) is 4.26. The van der Waals surface area contributed by atoms with E-state index in [1.165, 1.54) is 5.56 Å². The number of piperidine rings is 1. The van der Waals surface area contributed by atoms with Crippen LogP contribution in [0, 0.1) is 5.92 Å². The van der Waals surface area contributed by atoms with Crippen molar-refractivity contribution in [1.29, 1.82) is 0 Å². The molecule has 3 amide bonds. The molecule has 0 aromatic heterocycles. The van der Waals surface area contributed by atoms with Gasteiger partial charge in [-0.3, -0.25) is 4.79 Å². The van der Waals surface area contributed by atoms with E-state index >= 15 is 0 Å². The van der Waals surface area contributed by atoms with Crippen molar-refractivity contribution in [2.24, 2.45) is 5.92 Å². The van der Waals surface area contributed by atoms with Crippen molar-refractivity contribution < 1.29 is 14.3 Å². The monoisotopic (exact) mass is 451 g/mol. The maximum Gasteiger partial charge on any atom is 0.317 e. The summed E-state index contributed by atoms with van der Waals surface area (Å²) < 4.78 is 5.50. The predicted octanol–water partition coefficient (Wildman–Crippen LogP) is 4.49. The Labute approximate surface area is 197 Å². The van der Waals surface area contributed by atoms with Crippen molar-refractivity contribution in [1.82, 2.24) is 15.1 Å². The molecule has 0 aliphatic carbocycles. The summed E-state index contributed by atoms with van der Waals surface area (Å²) in [6.07, 6.45) is 4.67. The van der Waals surface area contributed by atoms with Crippen LogP contribution in [0.3, 0.4) is 0 Å². The van der Waals surface area contributed by atoms with Crippen LogP contribution < -0.4 is 10.1 Å². The molecule has 0 saturated carbocycles. The van der Waals surface area contributed by atoms with Gasteiger partial charge in [0.2, 0.25) is 5.91 Å². The van der Waals surface area contributed by atoms with Crippen LogP contribution >= 0.6 is 0 Å². The number of urea groups is 1. The van der Waals surface area contributed by atoms with Crippen LogP contribution in [0.25, 0.3) is 0 Å². The third-order valence-corrected chi connectivity index (χ3v) is 6.27. The lowest BCUT2D eigenvalue weighted by Gasteiger charge is -2.32. The Bertz CT molecular complexity index is 862. The van der Waals surface area contributed by atoms with Crippen LogP contribution in [0.5, 0.6) is 5.75 Å². The van der Waals surface area contributed by atoms with Gasteiger partial charge in [-0.15, -0.1) is 0 Å². The van der Waals surface area contributed by atoms with E-state index in [0.29, 0.717) is 32.0 Å². The number of benzene rings is 2. The standard InChI is InChI=1S/C27H37N3O3/c1-3-33-25-13-11-22(12-14-25)9-10-23-16-19-30(20-17-23)26(31)15-18-28-27(32)29(2)21-24-7-5-4-6-8-24/h4-8,11-14,23H,3,9-10,15-21H2,1-2H3,(H,28,32). The molecule has 0 spiro atoms. The summed E-state index contributed by atoms with van der Waals surface area (Å²) in [6, 6.07) is 18.1. The Morgan fingerprint density at radius 1 is 1.03 bits per heavy atom. The fourth-order valence-electron chi connectivity index (χ4n) is 4.26. The molecule has 1 aliphatic rings. The normalized spacial score (nSPS) is 14.1. The zero-order valence-electron chi connectivity index (χ0n) is 20.0. The molecule has 0 bridgehead atoms. The number of carbonyl (C=O) groups excluding carboxylic acids is 2. The molecule has 6 nitrogen and oxygen atoms in total. The van der Waals surface area contributed by atoms with Crippen LogP contribution in [-0.2, 0) is 17.8 Å². The number of carbonyl (C=O) groups is 2. The summed E-state index contributed by atoms with van der Waals surface area (Å²) in [6.45, 7) is 5.23. The largest absolute Gasteiger partial charge is 0.494 e. The number of ether oxygens (including phenoxy) is 1. The van der Waals surface area contributed by atoms with Crippen molar-refractivity contribution in [3.8, 4) is 5.75 Å². The smallest absolute Gasteiger partial charge is 0.317 e. The van der Waals surface area contributed by atoms with E-state index in [1.54, 1.807) is 11.9 Å². The van der Waals surface area contributed by atoms with Crippen molar-refractivity contribution in [2.45, 2.75) is 45.6 Å². The number of rotatable bonds is 10. The number of aryl methyl sites for hydroxylation is 1. The van der Waals surface area contributed by atoms with Crippen molar-refractivity contribution in [3.63, 3.8) is 0 Å². The Balaban J connectivity index is 1.30. The van der Waals surface area contributed by atoms with Crippen molar-refractivity contribution in [3.05, 3.63) is 65.7 Å². The van der Waals surface area contributed by atoms with Gasteiger partial charge in [0.1, 0.15) is 5.75 Å². The lowest BCUT2D eigenvalue weighted by molar-refractivity contribution is -0.132. The number of nitrogens with zero attached hydrogens (tertiary/aromatic N) is 2. The molecule has 2 aromatic rings. The molecule has 3 rings (SSSR count). The zero-order chi connectivity index (χ0) is 23.5. The van der Waals surface area contributed by atoms with Gasteiger partial charge in [0.15, 0.2) is 0 Å². The minimum atomic E-state index is -0.153. The Hall–Kier alpha value is -3.02. The molecule has 178 valence electrons. The van der Waals surface area contributed by atoms with Gasteiger partial charge >= 0.3 is 6.03 Å². The number of likely N-dealkylation sites (tertiary alicyclic amines) is 1. The molecule has 0 unspecified atom stereocenters. The highest BCUT2D eigenvalue weighted by atomic mass is 16.5. The van der Waals surface area contributed by atoms with Crippen LogP contribution in [0.1, 0.15) is 43.7 Å². The molecular formula is C27H37N3O3. The molecule has 0 radical (unpaired) electrons. The fraction of sp³-hybridized carbons (Fsp3) is 0.481. The third-order valence-electron chi connectivity index (χ3n) is 6.27. The quantitative estimate of drug-likeness (QED) is 0.579. The van der Waals surface area contributed by atoms with E-state index in [9.17, 15) is 9.59 Å². The van der Waals surface area contributed by atoms with E-state index in [4.69, 9.17) is 4.74 Å². The van der Waals surface area contributed by atoms with E-state index in [2.05, 4.69) is 17.4 Å². The van der Waals surface area contributed by atoms with E-state index in [1.807, 2.05) is 54.3 Å². The lowest BCUT2D eigenvalue weighted by Crippen LogP contribution is -2.42. The van der Waals surface area contributed by atoms with Gasteiger partial charge in [0.05, 0.1) is 6.61 Å². The summed E-state index contributed by atoms with van der Waals surface area (Å²) >= 11 is 0. The highest BCUT2D eigenvalue weighted by Gasteiger charge is 2.22. The average Bonchev–Trinajstić information content (AvgIpc) is 2.84. The first kappa shape index (κ1) is 24.6. The predicted molar refractivity (Wildman–Crippen MR) is 131 cm³/mol. The minimum Gasteiger partial charge on any atom is -0.494 e. The van der Waals surface area contributed by atoms with E-state index in [0.717, 1.165) is 50.1 Å². The highest BCUT2D eigenvalue weighted by Crippen LogP contribution is 2.23. The highest BCUT2D eigenvalue weighted by molar-refractivity contribution is 5.78. The van der Waals surface area contributed by atoms with Gasteiger partial charge in [-0.1, -0.05) is 42.5 Å². The van der Waals surface area contributed by atoms with Crippen LogP contribution in [0.15, 0.2) is 54.6 Å². The Kier molecular flexibility index (Phi) is 9.60. The zero-order valence-corrected chi connectivity index (χ0v) is 20.0. The van der Waals surface area contributed by atoms with Gasteiger partial charge in [0.25, 0.3) is 0 Å². The van der Waals surface area contributed by atoms with Gasteiger partial charge in [-0.05, 0) is 61.8 Å². The summed E-state index contributed by atoms with van der Waals surface area (Å²) in [5.74, 6) is 1.71. The molecule has 33 heavy (non-hydrogen) atoms. The molecule has 1 saturated heterocycles. The van der Waals surface area contributed by atoms with E-state index in [-0.39, 0.29) is 11.9 Å². The molecule has 1 aliphatic heterocycles. The molecule has 1 N–H and O–H groups in total. The van der Waals surface area contributed by atoms with Crippen LogP contribution in [0.2, 0.25) is 0 Å². The minimum absolute atomic E-state index is 0.131. The van der Waals surface area contributed by atoms with Crippen LogP contribution in [-0.4, -0.2) is 55.0 Å². The van der Waals surface area contributed by atoms with Gasteiger partial charge in [0, 0.05) is 39.6 Å². The molecular weight excluding hydrogens is 414 g/mol. The summed E-state index contributed by atoms with van der Waals surface area (Å²) in [7, 11) is 1.77. The van der Waals surface area contributed by atoms with Crippen molar-refractivity contribution >= 4 is 11.9 Å². The summed E-state index contributed by atoms with van der Waals surface area (Å²) in [5, 5.41) is 2.86. The molecule has 6 heteroatoms. The topological polar surface area (TPSA) is 61.9 Å². The average molecular weight is 452 g/mol. The third kappa shape index (κ3) is 8.12. The molecule has 0 atom stereocenters. The first-order chi connectivity index (χ1) is 16.0. The SMILES string of the molecule is CCOc1ccc(CCC2CCN(C(=O)CCNC(=O)N(C)Cc3ccccc3)CC2)cc1. The summed E-state index contributed by atoms with van der Waals surface area (Å²) in [4.78, 5) is 28.4. The molecule has 2 aromatic carbocycles. The number of nitrogens with one attached hydrogen (secondary N) is 1. The van der Waals surface area contributed by atoms with Gasteiger partial charge in [-0.25, -0.2) is 4.79 Å². The first-order valence-electron chi connectivity index (χ1n) is 12.1. The Morgan fingerprint density at radius 3 is 2.39 bits per heavy atom. The second kappa shape index (κ2) is 12.9. The first-order valence-corrected chi connectivity index (χ1v) is 12.1. The van der Waals surface area contributed by atoms with Gasteiger partial charge in [-0.2, -0.15) is 0 Å². The number of amides is 3. The maximum absolute atomic E-state index is 12.6. The molecule has 1 fully saturated rings. The van der Waals surface area contributed by atoms with Crippen molar-refractivity contribution in [2.75, 3.05) is 33.3 Å². The van der Waals surface area contributed by atoms with Crippen LogP contribution in [0.4, 0.5) is 4.79 Å². The summed E-state index contributed by atoms with van der Waals surface area (Å²) in [5.41, 5.74) is 2.42. The second-order valence-corrected chi connectivity index (χ2v) is 8.76. The molecule has 1 heterocycles. The number of hydrogen-bond donors (Lipinski definition) is 1. The Morgan fingerprint density at radius 2 is 1.73 bits per heavy atom. The number of hydrogen-bond acceptors (Lipinski definition) is 3. The lowest BCUT2D eigenvalue weighted by atomic mass is 9.90. The van der Waals surface area contributed by atoms with E-state index < -0.39 is 0 Å². The van der Waals surface area contributed by atoms with Gasteiger partial charge < -0.3 is 19.9 Å². The second-order valence-electron chi connectivity index (χ2n) is 8.76.